The number of rotatable bonds is 5. The molecule has 5 nitrogen and oxygen atoms in total. The molecular weight excluding hydrogens is 276 g/mol. The van der Waals surface area contributed by atoms with Crippen LogP contribution in [0.15, 0.2) is 18.2 Å². The van der Waals surface area contributed by atoms with Gasteiger partial charge in [0.15, 0.2) is 0 Å². The highest BCUT2D eigenvalue weighted by atomic mass is 32.2. The van der Waals surface area contributed by atoms with Crippen LogP contribution >= 0.6 is 0 Å². The highest BCUT2D eigenvalue weighted by Crippen LogP contribution is 2.25. The lowest BCUT2D eigenvalue weighted by Gasteiger charge is -2.24. The number of hydrogen-bond donors (Lipinski definition) is 2. The molecule has 0 spiro atoms. The normalized spacial score (nSPS) is 18.6. The zero-order chi connectivity index (χ0) is 14.6. The van der Waals surface area contributed by atoms with Gasteiger partial charge in [0.1, 0.15) is 15.6 Å². The van der Waals surface area contributed by atoms with E-state index in [0.29, 0.717) is 25.1 Å². The number of ether oxygens (including phenoxy) is 1. The Kier molecular flexibility index (Phi) is 4.75. The summed E-state index contributed by atoms with van der Waals surface area (Å²) in [5, 5.41) is 3.35. The predicted octanol–water partition coefficient (Wildman–Crippen LogP) is 2.05. The van der Waals surface area contributed by atoms with Crippen molar-refractivity contribution in [1.29, 1.82) is 0 Å². The first-order chi connectivity index (χ1) is 9.48. The summed E-state index contributed by atoms with van der Waals surface area (Å²) in [7, 11) is -2.83. The summed E-state index contributed by atoms with van der Waals surface area (Å²) in [5.74, 6) is 1.26. The number of nitrogens with two attached hydrogens (primary N) is 1. The molecule has 3 N–H and O–H groups in total. The zero-order valence-corrected chi connectivity index (χ0v) is 12.6. The third kappa shape index (κ3) is 4.30. The van der Waals surface area contributed by atoms with Gasteiger partial charge in [-0.1, -0.05) is 6.92 Å². The van der Waals surface area contributed by atoms with Gasteiger partial charge in [-0.15, -0.1) is 0 Å². The second-order valence-electron chi connectivity index (χ2n) is 5.21. The molecule has 1 heterocycles. The van der Waals surface area contributed by atoms with Crippen molar-refractivity contribution in [3.05, 3.63) is 18.2 Å². The average molecular weight is 298 g/mol. The van der Waals surface area contributed by atoms with Crippen molar-refractivity contribution in [2.75, 3.05) is 29.2 Å². The highest BCUT2D eigenvalue weighted by Gasteiger charge is 2.23. The SMILES string of the molecule is CCCOc1cc(N)cc(NC2CCS(=O)(=O)CC2)c1. The van der Waals surface area contributed by atoms with Gasteiger partial charge < -0.3 is 15.8 Å². The number of nitrogens with one attached hydrogen (secondary N) is 1. The Morgan fingerprint density at radius 3 is 2.65 bits per heavy atom. The Bertz CT molecular complexity index is 544. The smallest absolute Gasteiger partial charge is 0.150 e. The summed E-state index contributed by atoms with van der Waals surface area (Å²) in [4.78, 5) is 0. The lowest BCUT2D eigenvalue weighted by Crippen LogP contribution is -2.32. The number of sulfone groups is 1. The van der Waals surface area contributed by atoms with E-state index in [9.17, 15) is 8.42 Å². The molecule has 0 radical (unpaired) electrons. The molecule has 2 rings (SSSR count). The second-order valence-corrected chi connectivity index (χ2v) is 7.51. The van der Waals surface area contributed by atoms with Crippen LogP contribution in [0.4, 0.5) is 11.4 Å². The topological polar surface area (TPSA) is 81.4 Å². The van der Waals surface area contributed by atoms with Gasteiger partial charge in [-0.25, -0.2) is 8.42 Å². The molecule has 112 valence electrons. The van der Waals surface area contributed by atoms with Gasteiger partial charge in [0.2, 0.25) is 0 Å². The van der Waals surface area contributed by atoms with Gasteiger partial charge in [-0.3, -0.25) is 0 Å². The van der Waals surface area contributed by atoms with Crippen LogP contribution in [-0.4, -0.2) is 32.6 Å². The predicted molar refractivity (Wildman–Crippen MR) is 81.9 cm³/mol. The molecule has 0 saturated carbocycles. The fourth-order valence-electron chi connectivity index (χ4n) is 2.28. The molecule has 0 bridgehead atoms. The Morgan fingerprint density at radius 1 is 1.30 bits per heavy atom. The lowest BCUT2D eigenvalue weighted by atomic mass is 10.1. The molecule has 20 heavy (non-hydrogen) atoms. The third-order valence-corrected chi connectivity index (χ3v) is 5.04. The molecule has 1 fully saturated rings. The number of anilines is 2. The highest BCUT2D eigenvalue weighted by molar-refractivity contribution is 7.91. The minimum Gasteiger partial charge on any atom is -0.493 e. The first kappa shape index (κ1) is 15.0. The van der Waals surface area contributed by atoms with E-state index in [1.165, 1.54) is 0 Å². The van der Waals surface area contributed by atoms with Crippen LogP contribution in [0, 0.1) is 0 Å². The van der Waals surface area contributed by atoms with E-state index in [1.807, 2.05) is 19.1 Å². The quantitative estimate of drug-likeness (QED) is 0.813. The molecule has 1 aliphatic rings. The summed E-state index contributed by atoms with van der Waals surface area (Å²) in [6, 6.07) is 5.74. The maximum absolute atomic E-state index is 11.4. The van der Waals surface area contributed by atoms with Gasteiger partial charge in [-0.05, 0) is 25.3 Å². The van der Waals surface area contributed by atoms with E-state index in [-0.39, 0.29) is 17.5 Å². The molecule has 0 aliphatic carbocycles. The maximum atomic E-state index is 11.4. The molecule has 0 atom stereocenters. The van der Waals surface area contributed by atoms with Crippen molar-refractivity contribution in [1.82, 2.24) is 0 Å². The monoisotopic (exact) mass is 298 g/mol. The van der Waals surface area contributed by atoms with E-state index in [0.717, 1.165) is 17.9 Å². The molecule has 1 saturated heterocycles. The first-order valence-corrected chi connectivity index (χ1v) is 8.81. The average Bonchev–Trinajstić information content (AvgIpc) is 2.38. The van der Waals surface area contributed by atoms with Crippen LogP contribution in [0.3, 0.4) is 0 Å². The number of benzene rings is 1. The van der Waals surface area contributed by atoms with Gasteiger partial charge in [0.25, 0.3) is 0 Å². The number of hydrogen-bond acceptors (Lipinski definition) is 5. The van der Waals surface area contributed by atoms with Gasteiger partial charge >= 0.3 is 0 Å². The zero-order valence-electron chi connectivity index (χ0n) is 11.8. The van der Waals surface area contributed by atoms with E-state index in [2.05, 4.69) is 5.32 Å². The molecule has 1 aromatic rings. The van der Waals surface area contributed by atoms with Gasteiger partial charge in [0, 0.05) is 29.5 Å². The van der Waals surface area contributed by atoms with Crippen LogP contribution in [0.2, 0.25) is 0 Å². The maximum Gasteiger partial charge on any atom is 0.150 e. The Balaban J connectivity index is 2.00. The van der Waals surface area contributed by atoms with E-state index < -0.39 is 9.84 Å². The van der Waals surface area contributed by atoms with E-state index >= 15 is 0 Å². The molecule has 1 aliphatic heterocycles. The molecule has 0 amide bonds. The molecule has 6 heteroatoms. The fourth-order valence-corrected chi connectivity index (χ4v) is 3.77. The summed E-state index contributed by atoms with van der Waals surface area (Å²) >= 11 is 0. The van der Waals surface area contributed by atoms with Crippen molar-refractivity contribution in [3.63, 3.8) is 0 Å². The van der Waals surface area contributed by atoms with Crippen LogP contribution in [-0.2, 0) is 9.84 Å². The first-order valence-electron chi connectivity index (χ1n) is 6.99. The molecule has 0 unspecified atom stereocenters. The van der Waals surface area contributed by atoms with Crippen LogP contribution in [0.1, 0.15) is 26.2 Å². The Morgan fingerprint density at radius 2 is 2.00 bits per heavy atom. The van der Waals surface area contributed by atoms with Crippen molar-refractivity contribution in [3.8, 4) is 5.75 Å². The van der Waals surface area contributed by atoms with Gasteiger partial charge in [-0.2, -0.15) is 0 Å². The summed E-state index contributed by atoms with van der Waals surface area (Å²) < 4.78 is 28.4. The summed E-state index contributed by atoms with van der Waals surface area (Å²) in [6.45, 7) is 2.71. The minimum atomic E-state index is -2.83. The van der Waals surface area contributed by atoms with Crippen LogP contribution in [0.5, 0.6) is 5.75 Å². The fraction of sp³-hybridized carbons (Fsp3) is 0.571. The Labute approximate surface area is 120 Å². The van der Waals surface area contributed by atoms with Gasteiger partial charge in [0.05, 0.1) is 18.1 Å². The van der Waals surface area contributed by atoms with Crippen molar-refractivity contribution in [2.45, 2.75) is 32.2 Å². The lowest BCUT2D eigenvalue weighted by molar-refractivity contribution is 0.318. The van der Waals surface area contributed by atoms with Crippen LogP contribution < -0.4 is 15.8 Å². The minimum absolute atomic E-state index is 0.180. The third-order valence-electron chi connectivity index (χ3n) is 3.33. The second kappa shape index (κ2) is 6.35. The van der Waals surface area contributed by atoms with Crippen molar-refractivity contribution >= 4 is 21.2 Å². The van der Waals surface area contributed by atoms with Crippen molar-refractivity contribution < 1.29 is 13.2 Å². The summed E-state index contributed by atoms with van der Waals surface area (Å²) in [6.07, 6.45) is 2.22. The van der Waals surface area contributed by atoms with Crippen molar-refractivity contribution in [2.24, 2.45) is 0 Å². The van der Waals surface area contributed by atoms with E-state index in [1.54, 1.807) is 6.07 Å². The molecule has 1 aromatic carbocycles. The van der Waals surface area contributed by atoms with E-state index in [4.69, 9.17) is 10.5 Å². The molecular formula is C14H22N2O3S. The largest absolute Gasteiger partial charge is 0.493 e. The standard InChI is InChI=1S/C14H22N2O3S/c1-2-5-19-14-9-11(15)8-13(10-14)16-12-3-6-20(17,18)7-4-12/h8-10,12,16H,2-7,15H2,1H3. The summed E-state index contributed by atoms with van der Waals surface area (Å²) in [5.41, 5.74) is 7.40. The number of nitrogen functional groups attached to an aromatic ring is 1. The van der Waals surface area contributed by atoms with Crippen LogP contribution in [0.25, 0.3) is 0 Å². The Hall–Kier alpha value is -1.43. The molecule has 0 aromatic heterocycles.